The lowest BCUT2D eigenvalue weighted by Gasteiger charge is -2.25. The van der Waals surface area contributed by atoms with Crippen molar-refractivity contribution in [2.24, 2.45) is 0 Å². The largest absolute Gasteiger partial charge is 0.449 e. The van der Waals surface area contributed by atoms with Gasteiger partial charge in [-0.1, -0.05) is 36.4 Å². The van der Waals surface area contributed by atoms with Gasteiger partial charge in [-0.15, -0.1) is 0 Å². The van der Waals surface area contributed by atoms with Crippen molar-refractivity contribution in [1.82, 2.24) is 4.57 Å². The Hall–Kier alpha value is -3.21. The molecule has 0 saturated heterocycles. The fourth-order valence-electron chi connectivity index (χ4n) is 4.12. The highest BCUT2D eigenvalue weighted by Gasteiger charge is 2.32. The number of carbonyl (C=O) groups excluding carboxylic acids is 2. The van der Waals surface area contributed by atoms with Crippen molar-refractivity contribution in [3.63, 3.8) is 0 Å². The van der Waals surface area contributed by atoms with Crippen molar-refractivity contribution >= 4 is 28.9 Å². The Morgan fingerprint density at radius 3 is 2.75 bits per heavy atom. The first-order valence-corrected chi connectivity index (χ1v) is 9.34. The average molecular weight is 377 g/mol. The summed E-state index contributed by atoms with van der Waals surface area (Å²) >= 11 is 0. The van der Waals surface area contributed by atoms with Crippen molar-refractivity contribution < 1.29 is 18.7 Å². The van der Waals surface area contributed by atoms with Crippen LogP contribution in [0.3, 0.4) is 0 Å². The maximum absolute atomic E-state index is 14.1. The van der Waals surface area contributed by atoms with E-state index in [0.29, 0.717) is 17.3 Å². The van der Waals surface area contributed by atoms with Gasteiger partial charge in [-0.3, -0.25) is 0 Å². The number of carbonyl (C=O) groups is 2. The molecule has 2 aromatic carbocycles. The number of fused-ring (bicyclic) bond motifs is 3. The number of hydrogen-bond acceptors (Lipinski definition) is 3. The molecule has 28 heavy (non-hydrogen) atoms. The van der Waals surface area contributed by atoms with Crippen LogP contribution in [-0.4, -0.2) is 23.6 Å². The summed E-state index contributed by atoms with van der Waals surface area (Å²) in [7, 11) is 0. The molecular weight excluding hydrogens is 357 g/mol. The molecular formula is C23H20FNO3. The number of ether oxygens (including phenoxy) is 1. The third-order valence-electron chi connectivity index (χ3n) is 5.20. The summed E-state index contributed by atoms with van der Waals surface area (Å²) in [5.74, 6) is -0.624. The van der Waals surface area contributed by atoms with Crippen LogP contribution in [-0.2, 0) is 16.0 Å². The molecule has 3 aromatic rings. The van der Waals surface area contributed by atoms with Crippen molar-refractivity contribution in [1.29, 1.82) is 0 Å². The molecule has 0 aliphatic heterocycles. The minimum Gasteiger partial charge on any atom is -0.449 e. The summed E-state index contributed by atoms with van der Waals surface area (Å²) in [5, 5.41) is 0.649. The first-order valence-electron chi connectivity index (χ1n) is 9.34. The van der Waals surface area contributed by atoms with E-state index in [-0.39, 0.29) is 24.8 Å². The van der Waals surface area contributed by atoms with Gasteiger partial charge in [0.1, 0.15) is 12.1 Å². The van der Waals surface area contributed by atoms with Gasteiger partial charge in [0.2, 0.25) is 0 Å². The van der Waals surface area contributed by atoms with Gasteiger partial charge in [-0.2, -0.15) is 0 Å². The van der Waals surface area contributed by atoms with Gasteiger partial charge in [0.15, 0.2) is 0 Å². The zero-order valence-electron chi connectivity index (χ0n) is 15.5. The molecule has 0 radical (unpaired) electrons. The van der Waals surface area contributed by atoms with Gasteiger partial charge in [0.25, 0.3) is 0 Å². The lowest BCUT2D eigenvalue weighted by Crippen LogP contribution is -2.19. The van der Waals surface area contributed by atoms with E-state index in [0.717, 1.165) is 28.7 Å². The number of halogens is 1. The van der Waals surface area contributed by atoms with E-state index in [1.807, 2.05) is 30.3 Å². The topological polar surface area (TPSA) is 48.3 Å². The molecule has 0 N–H and O–H groups in total. The second kappa shape index (κ2) is 7.43. The van der Waals surface area contributed by atoms with Gasteiger partial charge in [-0.25, -0.2) is 13.8 Å². The minimum atomic E-state index is -0.484. The zero-order valence-corrected chi connectivity index (χ0v) is 15.5. The quantitative estimate of drug-likeness (QED) is 0.595. The number of benzene rings is 2. The van der Waals surface area contributed by atoms with Crippen LogP contribution < -0.4 is 0 Å². The van der Waals surface area contributed by atoms with Crippen molar-refractivity contribution in [2.45, 2.75) is 25.7 Å². The first kappa shape index (κ1) is 18.2. The lowest BCUT2D eigenvalue weighted by molar-refractivity contribution is -0.107. The van der Waals surface area contributed by atoms with Crippen molar-refractivity contribution in [3.05, 3.63) is 77.2 Å². The van der Waals surface area contributed by atoms with Crippen LogP contribution in [0.15, 0.2) is 54.6 Å². The van der Waals surface area contributed by atoms with Crippen LogP contribution in [0.25, 0.3) is 16.5 Å². The third kappa shape index (κ3) is 2.93. The monoisotopic (exact) mass is 377 g/mol. The highest BCUT2D eigenvalue weighted by Crippen LogP contribution is 2.45. The third-order valence-corrected chi connectivity index (χ3v) is 5.20. The standard InChI is InChI=1S/C23H20FNO3/c1-2-28-23(27)25-20-10-8-16(24)14-19(20)22-18(12-13-26)17(9-11-21(22)25)15-6-4-3-5-7-15/h3-10,13-14,18H,2,11-12H2,1H3/t18-/m1/s1. The van der Waals surface area contributed by atoms with Crippen LogP contribution in [0.4, 0.5) is 9.18 Å². The molecule has 142 valence electrons. The molecule has 4 rings (SSSR count). The molecule has 4 nitrogen and oxygen atoms in total. The Labute approximate surface area is 162 Å². The van der Waals surface area contributed by atoms with Crippen molar-refractivity contribution in [2.75, 3.05) is 6.61 Å². The highest BCUT2D eigenvalue weighted by molar-refractivity contribution is 5.97. The smallest absolute Gasteiger partial charge is 0.418 e. The Bertz CT molecular complexity index is 1080. The van der Waals surface area contributed by atoms with E-state index in [1.165, 1.54) is 16.7 Å². The molecule has 1 aliphatic rings. The van der Waals surface area contributed by atoms with Gasteiger partial charge in [0.05, 0.1) is 12.1 Å². The van der Waals surface area contributed by atoms with E-state index >= 15 is 0 Å². The Kier molecular flexibility index (Phi) is 4.82. The summed E-state index contributed by atoms with van der Waals surface area (Å²) < 4.78 is 20.8. The van der Waals surface area contributed by atoms with Crippen LogP contribution in [0.2, 0.25) is 0 Å². The summed E-state index contributed by atoms with van der Waals surface area (Å²) in [6, 6.07) is 14.2. The molecule has 0 fully saturated rings. The number of aromatic nitrogens is 1. The average Bonchev–Trinajstić information content (AvgIpc) is 3.03. The van der Waals surface area contributed by atoms with Crippen LogP contribution in [0.5, 0.6) is 0 Å². The summed E-state index contributed by atoms with van der Waals surface area (Å²) in [5.41, 5.74) is 4.23. The fraction of sp³-hybridized carbons (Fsp3) is 0.217. The summed E-state index contributed by atoms with van der Waals surface area (Å²) in [6.07, 6.45) is 3.21. The number of allylic oxidation sites excluding steroid dienone is 2. The molecule has 1 aromatic heterocycles. The van der Waals surface area contributed by atoms with Gasteiger partial charge in [0, 0.05) is 29.8 Å². The van der Waals surface area contributed by atoms with Gasteiger partial charge in [-0.05, 0) is 41.8 Å². The Morgan fingerprint density at radius 1 is 1.25 bits per heavy atom. The highest BCUT2D eigenvalue weighted by atomic mass is 19.1. The maximum Gasteiger partial charge on any atom is 0.418 e. The SMILES string of the molecule is CCOC(=O)n1c2c(c3cc(F)ccc31)[C@H](CC=O)C(c1ccccc1)=CC2. The normalized spacial score (nSPS) is 15.8. The zero-order chi connectivity index (χ0) is 19.7. The molecule has 0 amide bonds. The molecule has 0 bridgehead atoms. The predicted octanol–water partition coefficient (Wildman–Crippen LogP) is 5.10. The Morgan fingerprint density at radius 2 is 2.04 bits per heavy atom. The summed E-state index contributed by atoms with van der Waals surface area (Å²) in [4.78, 5) is 24.2. The number of rotatable bonds is 4. The van der Waals surface area contributed by atoms with Gasteiger partial charge < -0.3 is 9.53 Å². The molecule has 1 atom stereocenters. The predicted molar refractivity (Wildman–Crippen MR) is 106 cm³/mol. The van der Waals surface area contributed by atoms with Crippen LogP contribution in [0, 0.1) is 5.82 Å². The molecule has 0 saturated carbocycles. The Balaban J connectivity index is 1.97. The minimum absolute atomic E-state index is 0.247. The first-order chi connectivity index (χ1) is 13.7. The second-order valence-electron chi connectivity index (χ2n) is 6.74. The lowest BCUT2D eigenvalue weighted by atomic mass is 9.79. The maximum atomic E-state index is 14.1. The number of hydrogen-bond donors (Lipinski definition) is 0. The molecule has 5 heteroatoms. The van der Waals surface area contributed by atoms with Crippen molar-refractivity contribution in [3.8, 4) is 0 Å². The second-order valence-corrected chi connectivity index (χ2v) is 6.74. The number of aldehydes is 1. The van der Waals surface area contributed by atoms with E-state index < -0.39 is 6.09 Å². The molecule has 1 heterocycles. The van der Waals surface area contributed by atoms with Gasteiger partial charge >= 0.3 is 6.09 Å². The van der Waals surface area contributed by atoms with E-state index in [1.54, 1.807) is 13.0 Å². The van der Waals surface area contributed by atoms with E-state index in [4.69, 9.17) is 4.74 Å². The molecule has 0 spiro atoms. The molecule has 1 aliphatic carbocycles. The fourth-order valence-corrected chi connectivity index (χ4v) is 4.12. The summed E-state index contributed by atoms with van der Waals surface area (Å²) in [6.45, 7) is 2.00. The van der Waals surface area contributed by atoms with E-state index in [2.05, 4.69) is 6.08 Å². The van der Waals surface area contributed by atoms with E-state index in [9.17, 15) is 14.0 Å². The number of nitrogens with zero attached hydrogens (tertiary/aromatic N) is 1. The van der Waals surface area contributed by atoms with Crippen LogP contribution >= 0.6 is 0 Å². The molecule has 0 unspecified atom stereocenters. The van der Waals surface area contributed by atoms with Crippen LogP contribution in [0.1, 0.15) is 36.1 Å².